The van der Waals surface area contributed by atoms with Crippen LogP contribution in [0.2, 0.25) is 0 Å². The van der Waals surface area contributed by atoms with E-state index in [4.69, 9.17) is 5.11 Å². The number of hydrogen-bond donors (Lipinski definition) is 2. The fraction of sp³-hybridized carbons (Fsp3) is 0.333. The number of aliphatic hydroxyl groups excluding tert-OH is 1. The maximum absolute atomic E-state index is 12.0. The maximum atomic E-state index is 12.0. The zero-order valence-corrected chi connectivity index (χ0v) is 12.4. The lowest BCUT2D eigenvalue weighted by atomic mass is 10.1. The van der Waals surface area contributed by atoms with Gasteiger partial charge in [0.15, 0.2) is 0 Å². The van der Waals surface area contributed by atoms with Crippen molar-refractivity contribution < 1.29 is 9.90 Å². The number of aromatic nitrogens is 1. The van der Waals surface area contributed by atoms with Gasteiger partial charge in [0.2, 0.25) is 0 Å². The van der Waals surface area contributed by atoms with Crippen LogP contribution in [-0.4, -0.2) is 16.0 Å². The van der Waals surface area contributed by atoms with Gasteiger partial charge in [-0.15, -0.1) is 11.3 Å². The van der Waals surface area contributed by atoms with Crippen molar-refractivity contribution in [2.45, 2.75) is 32.9 Å². The molecule has 2 N–H and O–H groups in total. The van der Waals surface area contributed by atoms with E-state index in [1.54, 1.807) is 35.6 Å². The third kappa shape index (κ3) is 3.65. The molecule has 1 aromatic carbocycles. The molecule has 0 saturated heterocycles. The Morgan fingerprint density at radius 2 is 2.25 bits per heavy atom. The molecule has 4 nitrogen and oxygen atoms in total. The van der Waals surface area contributed by atoms with E-state index in [2.05, 4.69) is 24.1 Å². The van der Waals surface area contributed by atoms with Crippen molar-refractivity contribution in [1.29, 1.82) is 0 Å². The van der Waals surface area contributed by atoms with Crippen LogP contribution < -0.4 is 5.32 Å². The average Bonchev–Trinajstić information content (AvgIpc) is 2.94. The largest absolute Gasteiger partial charge is 0.392 e. The second-order valence-corrected chi connectivity index (χ2v) is 5.76. The van der Waals surface area contributed by atoms with Gasteiger partial charge in [-0.2, -0.15) is 0 Å². The SMILES string of the molecule is CC(C)c1nc(CNC(=O)c2cccc(CO)c2)cs1. The van der Waals surface area contributed by atoms with Crippen molar-refractivity contribution >= 4 is 17.2 Å². The second-order valence-electron chi connectivity index (χ2n) is 4.87. The third-order valence-electron chi connectivity index (χ3n) is 2.87. The molecule has 2 rings (SSSR count). The van der Waals surface area contributed by atoms with Gasteiger partial charge in [0, 0.05) is 16.9 Å². The number of carbonyl (C=O) groups is 1. The highest BCUT2D eigenvalue weighted by molar-refractivity contribution is 7.09. The minimum absolute atomic E-state index is 0.0645. The summed E-state index contributed by atoms with van der Waals surface area (Å²) in [6.45, 7) is 4.56. The van der Waals surface area contributed by atoms with E-state index < -0.39 is 0 Å². The van der Waals surface area contributed by atoms with Crippen LogP contribution in [0.1, 0.15) is 46.4 Å². The molecular weight excluding hydrogens is 272 g/mol. The lowest BCUT2D eigenvalue weighted by Gasteiger charge is -2.05. The summed E-state index contributed by atoms with van der Waals surface area (Å²) in [5.74, 6) is 0.255. The van der Waals surface area contributed by atoms with Gasteiger partial charge in [0.25, 0.3) is 5.91 Å². The molecule has 0 atom stereocenters. The number of aliphatic hydroxyl groups is 1. The quantitative estimate of drug-likeness (QED) is 0.890. The first-order valence-electron chi connectivity index (χ1n) is 6.52. The van der Waals surface area contributed by atoms with E-state index in [0.29, 0.717) is 18.0 Å². The summed E-state index contributed by atoms with van der Waals surface area (Å²) >= 11 is 1.62. The molecule has 0 aliphatic rings. The Kier molecular flexibility index (Phi) is 4.87. The molecule has 0 spiro atoms. The maximum Gasteiger partial charge on any atom is 0.251 e. The molecule has 0 bridgehead atoms. The lowest BCUT2D eigenvalue weighted by molar-refractivity contribution is 0.0950. The number of benzene rings is 1. The Labute approximate surface area is 122 Å². The summed E-state index contributed by atoms with van der Waals surface area (Å²) in [5.41, 5.74) is 2.16. The van der Waals surface area contributed by atoms with Crippen LogP contribution >= 0.6 is 11.3 Å². The van der Waals surface area contributed by atoms with E-state index in [-0.39, 0.29) is 12.5 Å². The molecule has 0 unspecified atom stereocenters. The Hall–Kier alpha value is -1.72. The van der Waals surface area contributed by atoms with Crippen molar-refractivity contribution in [1.82, 2.24) is 10.3 Å². The molecule has 0 aliphatic heterocycles. The molecule has 1 heterocycles. The fourth-order valence-corrected chi connectivity index (χ4v) is 2.59. The molecule has 1 aromatic heterocycles. The summed E-state index contributed by atoms with van der Waals surface area (Å²) in [7, 11) is 0. The number of rotatable bonds is 5. The minimum atomic E-state index is -0.153. The van der Waals surface area contributed by atoms with Crippen molar-refractivity contribution in [3.63, 3.8) is 0 Å². The first-order valence-corrected chi connectivity index (χ1v) is 7.40. The van der Waals surface area contributed by atoms with Crippen LogP contribution in [0.3, 0.4) is 0 Å². The molecule has 2 aromatic rings. The van der Waals surface area contributed by atoms with Crippen LogP contribution in [0.25, 0.3) is 0 Å². The van der Waals surface area contributed by atoms with Crippen LogP contribution in [0.15, 0.2) is 29.6 Å². The predicted octanol–water partition coefficient (Wildman–Crippen LogP) is 2.69. The lowest BCUT2D eigenvalue weighted by Crippen LogP contribution is -2.23. The van der Waals surface area contributed by atoms with Crippen LogP contribution in [0, 0.1) is 0 Å². The Balaban J connectivity index is 1.97. The number of hydrogen-bond acceptors (Lipinski definition) is 4. The van der Waals surface area contributed by atoms with Gasteiger partial charge < -0.3 is 10.4 Å². The van der Waals surface area contributed by atoms with Gasteiger partial charge in [-0.1, -0.05) is 26.0 Å². The van der Waals surface area contributed by atoms with E-state index in [0.717, 1.165) is 16.3 Å². The third-order valence-corrected chi connectivity index (χ3v) is 4.06. The van der Waals surface area contributed by atoms with Crippen molar-refractivity contribution in [3.8, 4) is 0 Å². The zero-order chi connectivity index (χ0) is 14.5. The normalized spacial score (nSPS) is 10.8. The van der Waals surface area contributed by atoms with Crippen molar-refractivity contribution in [3.05, 3.63) is 51.5 Å². The number of thiazole rings is 1. The smallest absolute Gasteiger partial charge is 0.251 e. The summed E-state index contributed by atoms with van der Waals surface area (Å²) in [6.07, 6.45) is 0. The van der Waals surface area contributed by atoms with Gasteiger partial charge in [0.05, 0.1) is 23.9 Å². The summed E-state index contributed by atoms with van der Waals surface area (Å²) in [6, 6.07) is 6.97. The van der Waals surface area contributed by atoms with E-state index in [9.17, 15) is 4.79 Å². The van der Waals surface area contributed by atoms with Gasteiger partial charge in [-0.25, -0.2) is 4.98 Å². The first kappa shape index (κ1) is 14.7. The molecule has 20 heavy (non-hydrogen) atoms. The van der Waals surface area contributed by atoms with Gasteiger partial charge in [0.1, 0.15) is 0 Å². The molecule has 0 aliphatic carbocycles. The molecule has 1 amide bonds. The molecule has 5 heteroatoms. The van der Waals surface area contributed by atoms with Gasteiger partial charge in [-0.05, 0) is 17.7 Å². The average molecular weight is 290 g/mol. The molecule has 0 fully saturated rings. The van der Waals surface area contributed by atoms with Gasteiger partial charge in [-0.3, -0.25) is 4.79 Å². The topological polar surface area (TPSA) is 62.2 Å². The number of carbonyl (C=O) groups excluding carboxylic acids is 1. The Morgan fingerprint density at radius 3 is 2.90 bits per heavy atom. The standard InChI is InChI=1S/C15H18N2O2S/c1-10(2)15-17-13(9-20-15)7-16-14(19)12-5-3-4-11(6-12)8-18/h3-6,9-10,18H,7-8H2,1-2H3,(H,16,19). The van der Waals surface area contributed by atoms with Crippen LogP contribution in [0.5, 0.6) is 0 Å². The summed E-state index contributed by atoms with van der Waals surface area (Å²) in [5, 5.41) is 15.0. The first-order chi connectivity index (χ1) is 9.60. The number of amides is 1. The fourth-order valence-electron chi connectivity index (χ4n) is 1.75. The zero-order valence-electron chi connectivity index (χ0n) is 11.6. The number of nitrogens with one attached hydrogen (secondary N) is 1. The summed E-state index contributed by atoms with van der Waals surface area (Å²) in [4.78, 5) is 16.5. The molecular formula is C15H18N2O2S. The van der Waals surface area contributed by atoms with Crippen molar-refractivity contribution in [2.75, 3.05) is 0 Å². The highest BCUT2D eigenvalue weighted by atomic mass is 32.1. The Morgan fingerprint density at radius 1 is 1.45 bits per heavy atom. The van der Waals surface area contributed by atoms with Crippen LogP contribution in [0.4, 0.5) is 0 Å². The molecule has 0 saturated carbocycles. The highest BCUT2D eigenvalue weighted by Crippen LogP contribution is 2.19. The van der Waals surface area contributed by atoms with E-state index in [1.165, 1.54) is 0 Å². The molecule has 106 valence electrons. The summed E-state index contributed by atoms with van der Waals surface area (Å²) < 4.78 is 0. The number of nitrogens with zero attached hydrogens (tertiary/aromatic N) is 1. The predicted molar refractivity (Wildman–Crippen MR) is 79.7 cm³/mol. The van der Waals surface area contributed by atoms with Gasteiger partial charge >= 0.3 is 0 Å². The minimum Gasteiger partial charge on any atom is -0.392 e. The Bertz CT molecular complexity index is 593. The van der Waals surface area contributed by atoms with Crippen molar-refractivity contribution in [2.24, 2.45) is 0 Å². The van der Waals surface area contributed by atoms with E-state index >= 15 is 0 Å². The van der Waals surface area contributed by atoms with Crippen LogP contribution in [-0.2, 0) is 13.2 Å². The highest BCUT2D eigenvalue weighted by Gasteiger charge is 2.09. The second kappa shape index (κ2) is 6.63. The molecule has 0 radical (unpaired) electrons. The van der Waals surface area contributed by atoms with E-state index in [1.807, 2.05) is 5.38 Å². The monoisotopic (exact) mass is 290 g/mol.